The minimum atomic E-state index is -3.46. The predicted octanol–water partition coefficient (Wildman–Crippen LogP) is 3.51. The van der Waals surface area contributed by atoms with Gasteiger partial charge in [0.1, 0.15) is 5.82 Å². The second-order valence-electron chi connectivity index (χ2n) is 8.27. The van der Waals surface area contributed by atoms with Crippen molar-refractivity contribution in [3.63, 3.8) is 0 Å². The maximum Gasteiger partial charge on any atom is 0.245 e. The fourth-order valence-corrected chi connectivity index (χ4v) is 4.57. The zero-order valence-electron chi connectivity index (χ0n) is 19.3. The molecule has 11 heteroatoms. The van der Waals surface area contributed by atoms with Gasteiger partial charge in [-0.2, -0.15) is 0 Å². The van der Waals surface area contributed by atoms with Crippen LogP contribution < -0.4 is 14.5 Å². The lowest BCUT2D eigenvalue weighted by atomic mass is 10.1. The summed E-state index contributed by atoms with van der Waals surface area (Å²) in [5.41, 5.74) is 3.66. The normalized spacial score (nSPS) is 14.3. The molecule has 35 heavy (non-hydrogen) atoms. The van der Waals surface area contributed by atoms with E-state index in [1.807, 2.05) is 30.3 Å². The molecule has 0 aliphatic carbocycles. The van der Waals surface area contributed by atoms with Gasteiger partial charge in [-0.15, -0.1) is 5.10 Å². The van der Waals surface area contributed by atoms with E-state index in [0.29, 0.717) is 35.7 Å². The Kier molecular flexibility index (Phi) is 6.03. The number of benzene rings is 2. The average Bonchev–Trinajstić information content (AvgIpc) is 3.28. The number of nitrogens with one attached hydrogen (secondary N) is 1. The third-order valence-corrected chi connectivity index (χ3v) is 7.18. The molecule has 1 aliphatic rings. The Balaban J connectivity index is 1.47. The van der Waals surface area contributed by atoms with Gasteiger partial charge < -0.3 is 15.0 Å². The number of para-hydroxylation sites is 1. The molecule has 5 rings (SSSR count). The summed E-state index contributed by atoms with van der Waals surface area (Å²) in [6.45, 7) is 2.69. The average molecular weight is 497 g/mol. The number of aromatic nitrogens is 3. The van der Waals surface area contributed by atoms with Crippen LogP contribution in [0.15, 0.2) is 60.8 Å². The lowest BCUT2D eigenvalue weighted by molar-refractivity contribution is 0.122. The van der Waals surface area contributed by atoms with E-state index in [1.165, 1.54) is 17.4 Å². The topological polar surface area (TPSA) is 92.1 Å². The first-order valence-corrected chi connectivity index (χ1v) is 12.9. The van der Waals surface area contributed by atoms with E-state index in [0.717, 1.165) is 25.0 Å². The van der Waals surface area contributed by atoms with E-state index in [1.54, 1.807) is 28.9 Å². The summed E-state index contributed by atoms with van der Waals surface area (Å²) in [6.07, 6.45) is 2.78. The fourth-order valence-electron chi connectivity index (χ4n) is 4.05. The molecule has 0 saturated carbocycles. The van der Waals surface area contributed by atoms with Crippen LogP contribution in [0, 0.1) is 5.82 Å². The predicted molar refractivity (Wildman–Crippen MR) is 134 cm³/mol. The van der Waals surface area contributed by atoms with Gasteiger partial charge in [0, 0.05) is 31.4 Å². The summed E-state index contributed by atoms with van der Waals surface area (Å²) in [5, 5.41) is 7.51. The van der Waals surface area contributed by atoms with Gasteiger partial charge in [0.15, 0.2) is 0 Å². The number of nitrogens with zero attached hydrogens (tertiary/aromatic N) is 5. The van der Waals surface area contributed by atoms with Gasteiger partial charge >= 0.3 is 0 Å². The van der Waals surface area contributed by atoms with Gasteiger partial charge in [-0.05, 0) is 36.4 Å². The zero-order valence-corrected chi connectivity index (χ0v) is 20.2. The molecular formula is C24H25FN6O3S. The number of ether oxygens (including phenoxy) is 1. The highest BCUT2D eigenvalue weighted by Gasteiger charge is 2.19. The highest BCUT2D eigenvalue weighted by molar-refractivity contribution is 7.92. The summed E-state index contributed by atoms with van der Waals surface area (Å²) in [6, 6.07) is 15.9. The molecule has 3 heterocycles. The van der Waals surface area contributed by atoms with Crippen molar-refractivity contribution in [2.45, 2.75) is 0 Å². The number of morpholine rings is 1. The van der Waals surface area contributed by atoms with E-state index >= 15 is 0 Å². The van der Waals surface area contributed by atoms with E-state index in [2.05, 4.69) is 20.3 Å². The van der Waals surface area contributed by atoms with Crippen molar-refractivity contribution in [2.24, 2.45) is 0 Å². The van der Waals surface area contributed by atoms with Crippen LogP contribution in [0.1, 0.15) is 0 Å². The van der Waals surface area contributed by atoms with Gasteiger partial charge in [-0.25, -0.2) is 22.3 Å². The Morgan fingerprint density at radius 3 is 2.60 bits per heavy atom. The van der Waals surface area contributed by atoms with Crippen molar-refractivity contribution >= 4 is 38.6 Å². The maximum atomic E-state index is 14.9. The highest BCUT2D eigenvalue weighted by Crippen LogP contribution is 2.32. The summed E-state index contributed by atoms with van der Waals surface area (Å²) in [7, 11) is -1.95. The second-order valence-corrected chi connectivity index (χ2v) is 10.3. The van der Waals surface area contributed by atoms with E-state index < -0.39 is 15.8 Å². The van der Waals surface area contributed by atoms with Crippen molar-refractivity contribution in [1.29, 1.82) is 0 Å². The van der Waals surface area contributed by atoms with Crippen LogP contribution in [-0.4, -0.2) is 62.6 Å². The first-order valence-electron chi connectivity index (χ1n) is 11.1. The molecule has 1 aliphatic heterocycles. The highest BCUT2D eigenvalue weighted by atomic mass is 32.2. The standard InChI is InChI=1S/C24H25FN6O3S/c1-29(35(2,32)33)22-6-4-3-5-19(22)23-10-8-18-16-26-24(28-31(18)23)27-21-9-7-17(15-20(21)25)30-11-13-34-14-12-30/h3-10,15-16H,11-14H2,1-2H3,(H,27,28). The molecular weight excluding hydrogens is 471 g/mol. The van der Waals surface area contributed by atoms with E-state index in [-0.39, 0.29) is 11.6 Å². The molecule has 0 amide bonds. The lowest BCUT2D eigenvalue weighted by Crippen LogP contribution is -2.36. The molecule has 182 valence electrons. The molecule has 4 aromatic rings. The van der Waals surface area contributed by atoms with Crippen LogP contribution >= 0.6 is 0 Å². The SMILES string of the molecule is CN(c1ccccc1-c1ccc2cnc(Nc3ccc(N4CCOCC4)cc3F)nn12)S(C)(=O)=O. The van der Waals surface area contributed by atoms with Crippen LogP contribution in [-0.2, 0) is 14.8 Å². The Hall–Kier alpha value is -3.70. The Morgan fingerprint density at radius 2 is 1.86 bits per heavy atom. The summed E-state index contributed by atoms with van der Waals surface area (Å²) in [4.78, 5) is 6.40. The van der Waals surface area contributed by atoms with Crippen molar-refractivity contribution in [2.75, 3.05) is 54.1 Å². The molecule has 1 saturated heterocycles. The third kappa shape index (κ3) is 4.64. The number of fused-ring (bicyclic) bond motifs is 1. The smallest absolute Gasteiger partial charge is 0.245 e. The quantitative estimate of drug-likeness (QED) is 0.437. The second kappa shape index (κ2) is 9.16. The molecule has 0 radical (unpaired) electrons. The van der Waals surface area contributed by atoms with Crippen LogP contribution in [0.3, 0.4) is 0 Å². The Bertz CT molecular complexity index is 1480. The van der Waals surface area contributed by atoms with Crippen molar-refractivity contribution in [3.8, 4) is 11.3 Å². The van der Waals surface area contributed by atoms with Gasteiger partial charge in [0.2, 0.25) is 16.0 Å². The Morgan fingerprint density at radius 1 is 1.09 bits per heavy atom. The first kappa shape index (κ1) is 23.1. The van der Waals surface area contributed by atoms with Crippen molar-refractivity contribution in [1.82, 2.24) is 14.6 Å². The van der Waals surface area contributed by atoms with Crippen LogP contribution in [0.4, 0.5) is 27.4 Å². The number of hydrogen-bond acceptors (Lipinski definition) is 7. The number of rotatable bonds is 6. The monoisotopic (exact) mass is 496 g/mol. The maximum absolute atomic E-state index is 14.9. The van der Waals surface area contributed by atoms with Crippen molar-refractivity contribution < 1.29 is 17.5 Å². The summed E-state index contributed by atoms with van der Waals surface area (Å²) < 4.78 is 47.5. The van der Waals surface area contributed by atoms with Gasteiger partial charge in [-0.1, -0.05) is 18.2 Å². The summed E-state index contributed by atoms with van der Waals surface area (Å²) >= 11 is 0. The van der Waals surface area contributed by atoms with Gasteiger partial charge in [0.05, 0.1) is 48.3 Å². The minimum Gasteiger partial charge on any atom is -0.378 e. The molecule has 1 fully saturated rings. The molecule has 2 aromatic carbocycles. The molecule has 0 spiro atoms. The molecule has 0 unspecified atom stereocenters. The Labute approximate surface area is 202 Å². The van der Waals surface area contributed by atoms with Crippen LogP contribution in [0.2, 0.25) is 0 Å². The number of halogens is 1. The van der Waals surface area contributed by atoms with E-state index in [9.17, 15) is 12.8 Å². The molecule has 0 bridgehead atoms. The third-order valence-electron chi connectivity index (χ3n) is 5.99. The fraction of sp³-hybridized carbons (Fsp3) is 0.250. The number of hydrogen-bond donors (Lipinski definition) is 1. The van der Waals surface area contributed by atoms with Gasteiger partial charge in [-0.3, -0.25) is 4.31 Å². The van der Waals surface area contributed by atoms with Crippen molar-refractivity contribution in [3.05, 3.63) is 66.6 Å². The zero-order chi connectivity index (χ0) is 24.6. The lowest BCUT2D eigenvalue weighted by Gasteiger charge is -2.29. The molecule has 9 nitrogen and oxygen atoms in total. The molecule has 2 aromatic heterocycles. The number of sulfonamides is 1. The van der Waals surface area contributed by atoms with Crippen LogP contribution in [0.25, 0.3) is 16.8 Å². The largest absolute Gasteiger partial charge is 0.378 e. The number of anilines is 4. The first-order chi connectivity index (χ1) is 16.8. The summed E-state index contributed by atoms with van der Waals surface area (Å²) in [5.74, 6) is -0.201. The molecule has 0 atom stereocenters. The molecule has 1 N–H and O–H groups in total. The van der Waals surface area contributed by atoms with Gasteiger partial charge in [0.25, 0.3) is 0 Å². The minimum absolute atomic E-state index is 0.210. The van der Waals surface area contributed by atoms with E-state index in [4.69, 9.17) is 4.74 Å². The van der Waals surface area contributed by atoms with Crippen LogP contribution in [0.5, 0.6) is 0 Å².